The Balaban J connectivity index is 3.84. The molecule has 0 saturated heterocycles. The van der Waals surface area contributed by atoms with Crippen LogP contribution >= 0.6 is 0 Å². The van der Waals surface area contributed by atoms with Gasteiger partial charge in [-0.25, -0.2) is 0 Å². The summed E-state index contributed by atoms with van der Waals surface area (Å²) in [5.41, 5.74) is 0. The molecular weight excluding hydrogens is 198 g/mol. The molecule has 0 heterocycles. The van der Waals surface area contributed by atoms with Crippen molar-refractivity contribution in [2.24, 2.45) is 0 Å². The number of rotatable bonds is 7. The van der Waals surface area contributed by atoms with Crippen molar-refractivity contribution in [3.8, 4) is 0 Å². The standard InChI is InChI=1S/C9H17N3O3/c1-10-7(9(15)11-2)3-4-8(14)12-5-6-13/h6-7,10H,3-5H2,1-2H3,(H,11,15)(H,12,14). The monoisotopic (exact) mass is 215 g/mol. The molecule has 0 aromatic rings. The average Bonchev–Trinajstić information content (AvgIpc) is 2.26. The minimum absolute atomic E-state index is 0.0169. The predicted molar refractivity (Wildman–Crippen MR) is 55.2 cm³/mol. The summed E-state index contributed by atoms with van der Waals surface area (Å²) in [7, 11) is 3.20. The first-order valence-corrected chi connectivity index (χ1v) is 4.74. The van der Waals surface area contributed by atoms with Crippen LogP contribution in [-0.2, 0) is 14.4 Å². The van der Waals surface area contributed by atoms with Crippen LogP contribution in [0.2, 0.25) is 0 Å². The van der Waals surface area contributed by atoms with Crippen LogP contribution in [0.5, 0.6) is 0 Å². The van der Waals surface area contributed by atoms with Crippen molar-refractivity contribution in [2.75, 3.05) is 20.6 Å². The molecule has 0 aliphatic carbocycles. The van der Waals surface area contributed by atoms with E-state index in [4.69, 9.17) is 0 Å². The van der Waals surface area contributed by atoms with E-state index in [9.17, 15) is 14.4 Å². The number of carbonyl (C=O) groups excluding carboxylic acids is 3. The van der Waals surface area contributed by atoms with E-state index in [1.54, 1.807) is 14.1 Å². The van der Waals surface area contributed by atoms with Gasteiger partial charge in [0.05, 0.1) is 12.6 Å². The molecule has 3 N–H and O–H groups in total. The highest BCUT2D eigenvalue weighted by Gasteiger charge is 2.15. The molecule has 0 saturated carbocycles. The van der Waals surface area contributed by atoms with Crippen molar-refractivity contribution in [3.63, 3.8) is 0 Å². The van der Waals surface area contributed by atoms with Crippen LogP contribution in [0.3, 0.4) is 0 Å². The molecule has 0 rings (SSSR count). The first-order valence-electron chi connectivity index (χ1n) is 4.74. The number of amides is 2. The zero-order valence-electron chi connectivity index (χ0n) is 9.00. The van der Waals surface area contributed by atoms with Gasteiger partial charge in [0.2, 0.25) is 11.8 Å². The lowest BCUT2D eigenvalue weighted by Gasteiger charge is -2.13. The van der Waals surface area contributed by atoms with Crippen LogP contribution in [0.25, 0.3) is 0 Å². The molecule has 0 aromatic carbocycles. The molecule has 1 atom stereocenters. The molecule has 0 aliphatic heterocycles. The Morgan fingerprint density at radius 2 is 2.00 bits per heavy atom. The second-order valence-corrected chi connectivity index (χ2v) is 2.96. The molecule has 6 heteroatoms. The lowest BCUT2D eigenvalue weighted by molar-refractivity contribution is -0.124. The van der Waals surface area contributed by atoms with Gasteiger partial charge >= 0.3 is 0 Å². The number of hydrogen-bond acceptors (Lipinski definition) is 4. The number of hydrogen-bond donors (Lipinski definition) is 3. The Labute approximate surface area is 88.8 Å². The molecule has 86 valence electrons. The van der Waals surface area contributed by atoms with Crippen molar-refractivity contribution in [1.29, 1.82) is 0 Å². The smallest absolute Gasteiger partial charge is 0.236 e. The third-order valence-corrected chi connectivity index (χ3v) is 1.95. The molecule has 6 nitrogen and oxygen atoms in total. The average molecular weight is 215 g/mol. The maximum atomic E-state index is 11.2. The van der Waals surface area contributed by atoms with E-state index in [1.165, 1.54) is 0 Å². The molecule has 0 aliphatic rings. The SMILES string of the molecule is CNC(=O)C(CCC(=O)NCC=O)NC. The van der Waals surface area contributed by atoms with Gasteiger partial charge in [-0.05, 0) is 13.5 Å². The molecule has 15 heavy (non-hydrogen) atoms. The van der Waals surface area contributed by atoms with Crippen molar-refractivity contribution in [3.05, 3.63) is 0 Å². The van der Waals surface area contributed by atoms with E-state index in [1.807, 2.05) is 0 Å². The first kappa shape index (κ1) is 13.6. The van der Waals surface area contributed by atoms with Gasteiger partial charge in [-0.15, -0.1) is 0 Å². The Morgan fingerprint density at radius 1 is 1.33 bits per heavy atom. The fourth-order valence-corrected chi connectivity index (χ4v) is 1.10. The second kappa shape index (κ2) is 7.93. The Bertz CT molecular complexity index is 231. The van der Waals surface area contributed by atoms with Gasteiger partial charge in [-0.2, -0.15) is 0 Å². The van der Waals surface area contributed by atoms with E-state index < -0.39 is 0 Å². The van der Waals surface area contributed by atoms with E-state index in [-0.39, 0.29) is 30.8 Å². The number of carbonyl (C=O) groups is 3. The summed E-state index contributed by atoms with van der Waals surface area (Å²) >= 11 is 0. The molecule has 0 fully saturated rings. The van der Waals surface area contributed by atoms with Gasteiger partial charge in [-0.1, -0.05) is 0 Å². The fraction of sp³-hybridized carbons (Fsp3) is 0.667. The highest BCUT2D eigenvalue weighted by molar-refractivity contribution is 5.83. The zero-order chi connectivity index (χ0) is 11.7. The van der Waals surface area contributed by atoms with E-state index in [0.29, 0.717) is 12.7 Å². The first-order chi connectivity index (χ1) is 7.15. The highest BCUT2D eigenvalue weighted by Crippen LogP contribution is 1.96. The van der Waals surface area contributed by atoms with Gasteiger partial charge in [0.15, 0.2) is 0 Å². The van der Waals surface area contributed by atoms with Crippen molar-refractivity contribution < 1.29 is 14.4 Å². The minimum atomic E-state index is -0.378. The number of nitrogens with one attached hydrogen (secondary N) is 3. The molecule has 0 spiro atoms. The molecule has 1 unspecified atom stereocenters. The van der Waals surface area contributed by atoms with E-state index >= 15 is 0 Å². The Hall–Kier alpha value is -1.43. The summed E-state index contributed by atoms with van der Waals surface area (Å²) in [6, 6.07) is -0.378. The lowest BCUT2D eigenvalue weighted by atomic mass is 10.1. The topological polar surface area (TPSA) is 87.3 Å². The van der Waals surface area contributed by atoms with Gasteiger partial charge in [0.1, 0.15) is 6.29 Å². The number of aldehydes is 1. The summed E-state index contributed by atoms with van der Waals surface area (Å²) in [6.45, 7) is 0.0169. The number of likely N-dealkylation sites (N-methyl/N-ethyl adjacent to an activating group) is 2. The van der Waals surface area contributed by atoms with Crippen LogP contribution in [0.15, 0.2) is 0 Å². The normalized spacial score (nSPS) is 11.6. The molecule has 2 amide bonds. The molecule has 0 aromatic heterocycles. The van der Waals surface area contributed by atoms with Crippen LogP contribution in [0, 0.1) is 0 Å². The van der Waals surface area contributed by atoms with E-state index in [2.05, 4.69) is 16.0 Å². The maximum absolute atomic E-state index is 11.2. The van der Waals surface area contributed by atoms with Gasteiger partial charge in [-0.3, -0.25) is 9.59 Å². The Morgan fingerprint density at radius 3 is 2.47 bits per heavy atom. The second-order valence-electron chi connectivity index (χ2n) is 2.96. The third-order valence-electron chi connectivity index (χ3n) is 1.95. The third kappa shape index (κ3) is 5.79. The van der Waals surface area contributed by atoms with E-state index in [0.717, 1.165) is 0 Å². The van der Waals surface area contributed by atoms with Crippen LogP contribution in [0.4, 0.5) is 0 Å². The molecular formula is C9H17N3O3. The lowest BCUT2D eigenvalue weighted by Crippen LogP contribution is -2.41. The minimum Gasteiger partial charge on any atom is -0.358 e. The summed E-state index contributed by atoms with van der Waals surface area (Å²) in [5, 5.41) is 7.70. The van der Waals surface area contributed by atoms with Crippen molar-refractivity contribution >= 4 is 18.1 Å². The predicted octanol–water partition coefficient (Wildman–Crippen LogP) is -1.58. The van der Waals surface area contributed by atoms with Gasteiger partial charge in [0, 0.05) is 13.5 Å². The van der Waals surface area contributed by atoms with Gasteiger partial charge in [0.25, 0.3) is 0 Å². The van der Waals surface area contributed by atoms with Crippen molar-refractivity contribution in [2.45, 2.75) is 18.9 Å². The van der Waals surface area contributed by atoms with Crippen molar-refractivity contribution in [1.82, 2.24) is 16.0 Å². The van der Waals surface area contributed by atoms with Crippen LogP contribution in [-0.4, -0.2) is 44.8 Å². The summed E-state index contributed by atoms with van der Waals surface area (Å²) < 4.78 is 0. The zero-order valence-corrected chi connectivity index (χ0v) is 9.00. The Kier molecular flexibility index (Phi) is 7.17. The van der Waals surface area contributed by atoms with Crippen LogP contribution < -0.4 is 16.0 Å². The summed E-state index contributed by atoms with van der Waals surface area (Å²) in [4.78, 5) is 32.3. The summed E-state index contributed by atoms with van der Waals surface area (Å²) in [5.74, 6) is -0.382. The highest BCUT2D eigenvalue weighted by atomic mass is 16.2. The maximum Gasteiger partial charge on any atom is 0.236 e. The molecule has 0 bridgehead atoms. The summed E-state index contributed by atoms with van der Waals surface area (Å²) in [6.07, 6.45) is 1.24. The quantitative estimate of drug-likeness (QED) is 0.447. The fourth-order valence-electron chi connectivity index (χ4n) is 1.10. The van der Waals surface area contributed by atoms with Gasteiger partial charge < -0.3 is 20.7 Å². The largest absolute Gasteiger partial charge is 0.358 e. The van der Waals surface area contributed by atoms with Crippen LogP contribution in [0.1, 0.15) is 12.8 Å². The molecule has 0 radical (unpaired) electrons.